The summed E-state index contributed by atoms with van der Waals surface area (Å²) in [6.07, 6.45) is 1.51. The molecule has 0 saturated carbocycles. The van der Waals surface area contributed by atoms with Crippen molar-refractivity contribution in [2.75, 3.05) is 13.2 Å². The van der Waals surface area contributed by atoms with Crippen LogP contribution in [0.5, 0.6) is 0 Å². The molecule has 1 saturated heterocycles. The van der Waals surface area contributed by atoms with Gasteiger partial charge in [-0.15, -0.1) is 0 Å². The molecule has 2 aromatic carbocycles. The molecule has 0 radical (unpaired) electrons. The minimum atomic E-state index is -0.548. The van der Waals surface area contributed by atoms with Crippen molar-refractivity contribution in [2.24, 2.45) is 0 Å². The van der Waals surface area contributed by atoms with E-state index in [1.807, 2.05) is 35.2 Å². The van der Waals surface area contributed by atoms with Crippen molar-refractivity contribution in [3.8, 4) is 0 Å². The first kappa shape index (κ1) is 18.6. The number of nitrogens with one attached hydrogen (secondary N) is 1. The zero-order chi connectivity index (χ0) is 19.1. The summed E-state index contributed by atoms with van der Waals surface area (Å²) in [7, 11) is 0. The molecule has 1 aliphatic rings. The fourth-order valence-electron chi connectivity index (χ4n) is 2.90. The van der Waals surface area contributed by atoms with Crippen molar-refractivity contribution in [1.82, 2.24) is 10.2 Å². The lowest BCUT2D eigenvalue weighted by molar-refractivity contribution is -0.128. The van der Waals surface area contributed by atoms with E-state index < -0.39 is 5.97 Å². The molecule has 0 atom stereocenters. The number of rotatable bonds is 7. The van der Waals surface area contributed by atoms with E-state index in [-0.39, 0.29) is 18.4 Å². The fraction of sp³-hybridized carbons (Fsp3) is 0.286. The van der Waals surface area contributed by atoms with Gasteiger partial charge in [0.1, 0.15) is 0 Å². The summed E-state index contributed by atoms with van der Waals surface area (Å²) >= 11 is 0. The van der Waals surface area contributed by atoms with Crippen molar-refractivity contribution in [3.05, 3.63) is 71.3 Å². The van der Waals surface area contributed by atoms with Gasteiger partial charge in [-0.25, -0.2) is 4.79 Å². The van der Waals surface area contributed by atoms with Crippen LogP contribution in [0.1, 0.15) is 34.3 Å². The maximum Gasteiger partial charge on any atom is 0.338 e. The van der Waals surface area contributed by atoms with Gasteiger partial charge in [-0.1, -0.05) is 42.5 Å². The van der Waals surface area contributed by atoms with Crippen LogP contribution in [0.4, 0.5) is 0 Å². The number of hydrogen-bond acceptors (Lipinski definition) is 4. The number of esters is 1. The van der Waals surface area contributed by atoms with Crippen LogP contribution in [-0.2, 0) is 27.4 Å². The highest BCUT2D eigenvalue weighted by Crippen LogP contribution is 2.15. The van der Waals surface area contributed by atoms with Crippen molar-refractivity contribution >= 4 is 17.8 Å². The number of ether oxygens (including phenoxy) is 1. The minimum Gasteiger partial charge on any atom is -0.452 e. The van der Waals surface area contributed by atoms with Gasteiger partial charge in [0.15, 0.2) is 6.61 Å². The third kappa shape index (κ3) is 5.41. The van der Waals surface area contributed by atoms with Crippen molar-refractivity contribution in [2.45, 2.75) is 25.9 Å². The van der Waals surface area contributed by atoms with Gasteiger partial charge in [-0.2, -0.15) is 0 Å². The second-order valence-electron chi connectivity index (χ2n) is 6.45. The molecule has 140 valence electrons. The molecule has 0 aromatic heterocycles. The van der Waals surface area contributed by atoms with Crippen LogP contribution < -0.4 is 5.32 Å². The van der Waals surface area contributed by atoms with Crippen molar-refractivity contribution < 1.29 is 19.1 Å². The lowest BCUT2D eigenvalue weighted by Gasteiger charge is -2.15. The first-order chi connectivity index (χ1) is 13.1. The molecule has 2 amide bonds. The molecule has 1 N–H and O–H groups in total. The third-order valence-corrected chi connectivity index (χ3v) is 4.40. The van der Waals surface area contributed by atoms with Crippen molar-refractivity contribution in [1.29, 1.82) is 0 Å². The SMILES string of the molecule is O=C(COC(=O)c1ccc(CN2CCCC2=O)cc1)NCc1ccccc1. The van der Waals surface area contributed by atoms with Gasteiger partial charge in [0.25, 0.3) is 5.91 Å². The van der Waals surface area contributed by atoms with Gasteiger partial charge in [0.2, 0.25) is 5.91 Å². The van der Waals surface area contributed by atoms with Crippen LogP contribution in [0.15, 0.2) is 54.6 Å². The quantitative estimate of drug-likeness (QED) is 0.763. The Morgan fingerprint density at radius 1 is 1.00 bits per heavy atom. The summed E-state index contributed by atoms with van der Waals surface area (Å²) in [6, 6.07) is 16.4. The second kappa shape index (κ2) is 8.98. The normalized spacial score (nSPS) is 13.5. The molecular formula is C21H22N2O4. The molecule has 0 aliphatic carbocycles. The van der Waals surface area contributed by atoms with Crippen LogP contribution in [-0.4, -0.2) is 35.8 Å². The molecule has 0 unspecified atom stereocenters. The Bertz CT molecular complexity index is 803. The molecule has 2 aromatic rings. The standard InChI is InChI=1S/C21H22N2O4/c24-19(22-13-16-5-2-1-3-6-16)15-27-21(26)18-10-8-17(9-11-18)14-23-12-4-7-20(23)25/h1-3,5-6,8-11H,4,7,12-15H2,(H,22,24). The number of hydrogen-bond donors (Lipinski definition) is 1. The first-order valence-electron chi connectivity index (χ1n) is 8.96. The summed E-state index contributed by atoms with van der Waals surface area (Å²) in [5, 5.41) is 2.71. The molecule has 1 fully saturated rings. The molecule has 0 bridgehead atoms. The predicted molar refractivity (Wildman–Crippen MR) is 99.7 cm³/mol. The number of carbonyl (C=O) groups is 3. The largest absolute Gasteiger partial charge is 0.452 e. The van der Waals surface area contributed by atoms with Gasteiger partial charge in [0.05, 0.1) is 5.56 Å². The second-order valence-corrected chi connectivity index (χ2v) is 6.45. The van der Waals surface area contributed by atoms with E-state index >= 15 is 0 Å². The average Bonchev–Trinajstić information content (AvgIpc) is 3.10. The highest BCUT2D eigenvalue weighted by atomic mass is 16.5. The van der Waals surface area contributed by atoms with Crippen molar-refractivity contribution in [3.63, 3.8) is 0 Å². The Kier molecular flexibility index (Phi) is 6.20. The van der Waals surface area contributed by atoms with Gasteiger partial charge < -0.3 is 15.0 Å². The highest BCUT2D eigenvalue weighted by Gasteiger charge is 2.20. The predicted octanol–water partition coefficient (Wildman–Crippen LogP) is 2.28. The van der Waals surface area contributed by atoms with Crippen LogP contribution >= 0.6 is 0 Å². The van der Waals surface area contributed by atoms with Gasteiger partial charge in [-0.3, -0.25) is 9.59 Å². The molecule has 6 nitrogen and oxygen atoms in total. The smallest absolute Gasteiger partial charge is 0.338 e. The summed E-state index contributed by atoms with van der Waals surface area (Å²) in [4.78, 5) is 37.3. The molecule has 1 heterocycles. The zero-order valence-corrected chi connectivity index (χ0v) is 15.0. The zero-order valence-electron chi connectivity index (χ0n) is 15.0. The van der Waals surface area contributed by atoms with E-state index in [0.717, 1.165) is 24.1 Å². The van der Waals surface area contributed by atoms with Gasteiger partial charge in [0, 0.05) is 26.1 Å². The van der Waals surface area contributed by atoms with E-state index in [9.17, 15) is 14.4 Å². The Balaban J connectivity index is 1.43. The van der Waals surface area contributed by atoms with Gasteiger partial charge >= 0.3 is 5.97 Å². The Hall–Kier alpha value is -3.15. The topological polar surface area (TPSA) is 75.7 Å². The van der Waals surface area contributed by atoms with E-state index in [4.69, 9.17) is 4.74 Å². The summed E-state index contributed by atoms with van der Waals surface area (Å²) in [6.45, 7) is 1.40. The van der Waals surface area contributed by atoms with E-state index in [1.54, 1.807) is 24.3 Å². The lowest BCUT2D eigenvalue weighted by atomic mass is 10.1. The number of nitrogens with zero attached hydrogens (tertiary/aromatic N) is 1. The average molecular weight is 366 g/mol. The number of benzene rings is 2. The lowest BCUT2D eigenvalue weighted by Crippen LogP contribution is -2.28. The molecule has 27 heavy (non-hydrogen) atoms. The molecule has 6 heteroatoms. The van der Waals surface area contributed by atoms with E-state index in [1.165, 1.54) is 0 Å². The Labute approximate surface area is 158 Å². The number of likely N-dealkylation sites (tertiary alicyclic amines) is 1. The Morgan fingerprint density at radius 3 is 2.41 bits per heavy atom. The monoisotopic (exact) mass is 366 g/mol. The summed E-state index contributed by atoms with van der Waals surface area (Å²) in [5.74, 6) is -0.731. The Morgan fingerprint density at radius 2 is 1.74 bits per heavy atom. The highest BCUT2D eigenvalue weighted by molar-refractivity contribution is 5.91. The van der Waals surface area contributed by atoms with E-state index in [2.05, 4.69) is 5.32 Å². The van der Waals surface area contributed by atoms with Gasteiger partial charge in [-0.05, 0) is 29.7 Å². The van der Waals surface area contributed by atoms with E-state index in [0.29, 0.717) is 25.1 Å². The molecule has 1 aliphatic heterocycles. The maximum atomic E-state index is 12.1. The molecular weight excluding hydrogens is 344 g/mol. The van der Waals surface area contributed by atoms with Crippen LogP contribution in [0.2, 0.25) is 0 Å². The maximum absolute atomic E-state index is 12.1. The molecule has 3 rings (SSSR count). The number of carbonyl (C=O) groups excluding carboxylic acids is 3. The van der Waals surface area contributed by atoms with Crippen LogP contribution in [0.3, 0.4) is 0 Å². The number of amides is 2. The van der Waals surface area contributed by atoms with Crippen LogP contribution in [0.25, 0.3) is 0 Å². The third-order valence-electron chi connectivity index (χ3n) is 4.40. The molecule has 0 spiro atoms. The first-order valence-corrected chi connectivity index (χ1v) is 8.96. The minimum absolute atomic E-state index is 0.167. The summed E-state index contributed by atoms with van der Waals surface area (Å²) in [5.41, 5.74) is 2.31. The fourth-order valence-corrected chi connectivity index (χ4v) is 2.90. The van der Waals surface area contributed by atoms with Crippen LogP contribution in [0, 0.1) is 0 Å². The summed E-state index contributed by atoms with van der Waals surface area (Å²) < 4.78 is 5.05.